The molecule has 0 aliphatic heterocycles. The Balaban J connectivity index is 1.43. The number of aliphatic hydroxyl groups is 2. The number of aryl methyl sites for hydroxylation is 1. The van der Waals surface area contributed by atoms with Gasteiger partial charge in [-0.05, 0) is 82.3 Å². The monoisotopic (exact) mass is 472 g/mol. The molecule has 2 unspecified atom stereocenters. The number of sulfonamides is 1. The third-order valence-corrected chi connectivity index (χ3v) is 10.9. The molecule has 4 aliphatic rings. The summed E-state index contributed by atoms with van der Waals surface area (Å²) >= 11 is 0. The second kappa shape index (κ2) is 7.65. The molecule has 0 saturated heterocycles. The van der Waals surface area contributed by atoms with E-state index in [9.17, 15) is 18.6 Å². The van der Waals surface area contributed by atoms with E-state index in [1.54, 1.807) is 24.3 Å². The van der Waals surface area contributed by atoms with Gasteiger partial charge in [-0.3, -0.25) is 0 Å². The molecule has 0 radical (unpaired) electrons. The van der Waals surface area contributed by atoms with Gasteiger partial charge in [-0.1, -0.05) is 43.2 Å². The predicted octanol–water partition coefficient (Wildman–Crippen LogP) is 4.07. The highest BCUT2D eigenvalue weighted by molar-refractivity contribution is 7.89. The first-order valence-corrected chi connectivity index (χ1v) is 13.8. The van der Waals surface area contributed by atoms with E-state index in [1.807, 2.05) is 6.92 Å². The minimum Gasteiger partial charge on any atom is -0.392 e. The topological polar surface area (TPSA) is 99.0 Å². The molecular formula is C26H36N2O4S. The number of nitrogens with zero attached hydrogens (tertiary/aromatic N) is 1. The molecule has 1 aromatic rings. The van der Waals surface area contributed by atoms with Crippen molar-refractivity contribution in [3.63, 3.8) is 0 Å². The van der Waals surface area contributed by atoms with E-state index in [2.05, 4.69) is 29.9 Å². The first-order chi connectivity index (χ1) is 15.5. The lowest BCUT2D eigenvalue weighted by Gasteiger charge is -2.62. The van der Waals surface area contributed by atoms with Crippen LogP contribution < -0.4 is 4.83 Å². The van der Waals surface area contributed by atoms with Crippen LogP contribution in [0.5, 0.6) is 0 Å². The lowest BCUT2D eigenvalue weighted by Crippen LogP contribution is -2.66. The number of aliphatic hydroxyl groups excluding tert-OH is 1. The third-order valence-electron chi connectivity index (χ3n) is 9.70. The molecule has 1 aromatic carbocycles. The van der Waals surface area contributed by atoms with Crippen molar-refractivity contribution in [2.24, 2.45) is 27.8 Å². The lowest BCUT2D eigenvalue weighted by molar-refractivity contribution is -0.203. The first kappa shape index (κ1) is 23.1. The Morgan fingerprint density at radius 2 is 1.79 bits per heavy atom. The van der Waals surface area contributed by atoms with Crippen LogP contribution in [0, 0.1) is 29.6 Å². The van der Waals surface area contributed by atoms with Gasteiger partial charge in [0.25, 0.3) is 10.0 Å². The zero-order valence-electron chi connectivity index (χ0n) is 19.8. The average Bonchev–Trinajstić information content (AvgIpc) is 3.11. The number of allylic oxidation sites excluding steroid dienone is 1. The van der Waals surface area contributed by atoms with Crippen LogP contribution in [0.15, 0.2) is 45.9 Å². The smallest absolute Gasteiger partial charge is 0.276 e. The van der Waals surface area contributed by atoms with Gasteiger partial charge in [0.2, 0.25) is 0 Å². The van der Waals surface area contributed by atoms with E-state index in [4.69, 9.17) is 0 Å². The molecule has 3 saturated carbocycles. The van der Waals surface area contributed by atoms with Gasteiger partial charge < -0.3 is 10.2 Å². The maximum atomic E-state index is 12.8. The van der Waals surface area contributed by atoms with Crippen molar-refractivity contribution in [1.82, 2.24) is 4.83 Å². The maximum Gasteiger partial charge on any atom is 0.276 e. The molecule has 0 bridgehead atoms. The van der Waals surface area contributed by atoms with Gasteiger partial charge in [-0.15, -0.1) is 0 Å². The largest absolute Gasteiger partial charge is 0.392 e. The van der Waals surface area contributed by atoms with E-state index in [0.717, 1.165) is 56.2 Å². The summed E-state index contributed by atoms with van der Waals surface area (Å²) in [5.74, 6) is 0.252. The Morgan fingerprint density at radius 3 is 2.52 bits per heavy atom. The molecule has 3 fully saturated rings. The van der Waals surface area contributed by atoms with Crippen LogP contribution in [0.2, 0.25) is 0 Å². The second-order valence-corrected chi connectivity index (χ2v) is 12.8. The van der Waals surface area contributed by atoms with Crippen molar-refractivity contribution >= 4 is 15.7 Å². The molecule has 4 aliphatic carbocycles. The van der Waals surface area contributed by atoms with Gasteiger partial charge in [0, 0.05) is 16.5 Å². The summed E-state index contributed by atoms with van der Waals surface area (Å²) in [5.41, 5.74) is 1.33. The van der Waals surface area contributed by atoms with Crippen molar-refractivity contribution < 1.29 is 18.6 Å². The number of benzene rings is 1. The van der Waals surface area contributed by atoms with Crippen LogP contribution in [0.3, 0.4) is 0 Å². The molecule has 5 rings (SSSR count). The molecule has 3 N–H and O–H groups in total. The van der Waals surface area contributed by atoms with Gasteiger partial charge in [0.05, 0.1) is 16.6 Å². The molecular weight excluding hydrogens is 436 g/mol. The maximum absolute atomic E-state index is 12.8. The summed E-state index contributed by atoms with van der Waals surface area (Å²) in [5, 5.41) is 27.6. The summed E-state index contributed by atoms with van der Waals surface area (Å²) in [6.45, 7) is 6.17. The Labute approximate surface area is 197 Å². The van der Waals surface area contributed by atoms with E-state index >= 15 is 0 Å². The van der Waals surface area contributed by atoms with Crippen LogP contribution in [-0.4, -0.2) is 36.0 Å². The Bertz CT molecular complexity index is 1110. The van der Waals surface area contributed by atoms with Crippen molar-refractivity contribution in [3.05, 3.63) is 41.5 Å². The molecule has 0 heterocycles. The average molecular weight is 473 g/mol. The fourth-order valence-electron chi connectivity index (χ4n) is 7.52. The molecule has 0 spiro atoms. The Morgan fingerprint density at radius 1 is 1.06 bits per heavy atom. The number of hydrogen-bond donors (Lipinski definition) is 3. The predicted molar refractivity (Wildman–Crippen MR) is 128 cm³/mol. The van der Waals surface area contributed by atoms with Gasteiger partial charge in [-0.2, -0.15) is 13.5 Å². The lowest BCUT2D eigenvalue weighted by atomic mass is 9.45. The summed E-state index contributed by atoms with van der Waals surface area (Å²) < 4.78 is 25.6. The van der Waals surface area contributed by atoms with Crippen molar-refractivity contribution in [2.75, 3.05) is 0 Å². The number of rotatable bonds is 3. The number of fused-ring (bicyclic) bond motifs is 5. The summed E-state index contributed by atoms with van der Waals surface area (Å²) in [4.78, 5) is 2.69. The van der Waals surface area contributed by atoms with Crippen molar-refractivity contribution in [3.8, 4) is 0 Å². The molecule has 180 valence electrons. The number of hydrogen-bond acceptors (Lipinski definition) is 5. The minimum atomic E-state index is -3.73. The van der Waals surface area contributed by atoms with E-state index in [-0.39, 0.29) is 22.1 Å². The Kier molecular flexibility index (Phi) is 5.35. The van der Waals surface area contributed by atoms with Crippen LogP contribution in [0.4, 0.5) is 0 Å². The normalized spacial score (nSPS) is 41.7. The zero-order valence-corrected chi connectivity index (χ0v) is 20.7. The third kappa shape index (κ3) is 3.26. The molecule has 0 aromatic heterocycles. The standard InChI is InChI=1S/C26H36N2O4S/c1-17-7-10-19(11-8-17)33(31,32)28-27-22-14-13-20-21-12-9-18-5-4-6-23(29)25(18,3)26(21,30)16-15-24(20,22)2/h7-11,20-21,23,28-30H,4-6,12-16H2,1-3H3/t20-,21-,23?,24-,25+,26?/m0/s1. The number of hydrazone groups is 1. The van der Waals surface area contributed by atoms with Crippen molar-refractivity contribution in [1.29, 1.82) is 0 Å². The summed E-state index contributed by atoms with van der Waals surface area (Å²) in [7, 11) is -3.73. The molecule has 33 heavy (non-hydrogen) atoms. The fourth-order valence-corrected chi connectivity index (χ4v) is 8.35. The van der Waals surface area contributed by atoms with E-state index in [1.165, 1.54) is 5.57 Å². The van der Waals surface area contributed by atoms with Crippen LogP contribution in [0.25, 0.3) is 0 Å². The fraction of sp³-hybridized carbons (Fsp3) is 0.654. The Hall–Kier alpha value is -1.70. The van der Waals surface area contributed by atoms with Crippen LogP contribution in [0.1, 0.15) is 70.8 Å². The van der Waals surface area contributed by atoms with Gasteiger partial charge in [-0.25, -0.2) is 4.83 Å². The molecule has 7 heteroatoms. The minimum absolute atomic E-state index is 0.0409. The zero-order chi connectivity index (χ0) is 23.6. The summed E-state index contributed by atoms with van der Waals surface area (Å²) in [6.07, 6.45) is 8.18. The molecule has 6 nitrogen and oxygen atoms in total. The molecule has 6 atom stereocenters. The number of nitrogens with one attached hydrogen (secondary N) is 1. The van der Waals surface area contributed by atoms with E-state index in [0.29, 0.717) is 6.42 Å². The second-order valence-electron chi connectivity index (χ2n) is 11.1. The highest BCUT2D eigenvalue weighted by Gasteiger charge is 2.66. The van der Waals surface area contributed by atoms with Crippen LogP contribution in [-0.2, 0) is 10.0 Å². The van der Waals surface area contributed by atoms with Crippen LogP contribution >= 0.6 is 0 Å². The van der Waals surface area contributed by atoms with Gasteiger partial charge in [0.15, 0.2) is 0 Å². The highest BCUT2D eigenvalue weighted by Crippen LogP contribution is 2.65. The summed E-state index contributed by atoms with van der Waals surface area (Å²) in [6, 6.07) is 6.75. The quantitative estimate of drug-likeness (QED) is 0.456. The van der Waals surface area contributed by atoms with E-state index < -0.39 is 27.1 Å². The van der Waals surface area contributed by atoms with Gasteiger partial charge >= 0.3 is 0 Å². The van der Waals surface area contributed by atoms with Gasteiger partial charge in [0.1, 0.15) is 0 Å². The SMILES string of the molecule is Cc1ccc(S(=O)(=O)NN=C2CC[C@H]3[C@@H]4CC=C5CCCC(O)[C@]5(C)C4(O)CC[C@]23C)cc1. The first-order valence-electron chi connectivity index (χ1n) is 12.3. The molecule has 0 amide bonds. The highest BCUT2D eigenvalue weighted by atomic mass is 32.2. The van der Waals surface area contributed by atoms with Crippen molar-refractivity contribution in [2.45, 2.75) is 88.7 Å².